The highest BCUT2D eigenvalue weighted by molar-refractivity contribution is 5.99. The Morgan fingerprint density at radius 3 is 2.67 bits per heavy atom. The van der Waals surface area contributed by atoms with E-state index in [9.17, 15) is 14.7 Å². The van der Waals surface area contributed by atoms with E-state index in [0.717, 1.165) is 13.1 Å². The van der Waals surface area contributed by atoms with Crippen LogP contribution >= 0.6 is 0 Å². The predicted octanol–water partition coefficient (Wildman–Crippen LogP) is 2.69. The maximum atomic E-state index is 15.1. The normalized spacial score (nSPS) is 14.6. The number of fused-ring (bicyclic) bond motifs is 1. The lowest BCUT2D eigenvalue weighted by Gasteiger charge is -2.36. The zero-order valence-electron chi connectivity index (χ0n) is 21.9. The average molecular weight is 545 g/mol. The Bertz CT molecular complexity index is 1620. The lowest BCUT2D eigenvalue weighted by Crippen LogP contribution is -2.48. The molecule has 1 aliphatic rings. The Kier molecular flexibility index (Phi) is 7.80. The molecule has 0 bridgehead atoms. The van der Waals surface area contributed by atoms with E-state index in [2.05, 4.69) is 37.1 Å². The molecule has 1 amide bonds. The standard InChI is InChI=1S/C28H29FN8O3/c1-3-25(39)32-19-5-4-6-21(13-19)37-17-31-27(40)22-15-30-28(34-26(22)37)33-20-7-8-24(23(29)14-20)36-11-9-35(10-12-36)16-18(2)38/h3-8,13-15,17-18,38H,1,9-12,16H2,2H3,(H,32,39)(H,30,33,34). The van der Waals surface area contributed by atoms with Gasteiger partial charge in [0.25, 0.3) is 5.56 Å². The summed E-state index contributed by atoms with van der Waals surface area (Å²) in [5.41, 5.74) is 1.89. The smallest absolute Gasteiger partial charge is 0.283 e. The number of hydrogen-bond acceptors (Lipinski definition) is 9. The van der Waals surface area contributed by atoms with Gasteiger partial charge in [0.05, 0.1) is 17.5 Å². The number of piperazine rings is 1. The Morgan fingerprint density at radius 2 is 1.95 bits per heavy atom. The molecule has 0 aliphatic carbocycles. The van der Waals surface area contributed by atoms with E-state index >= 15 is 4.39 Å². The van der Waals surface area contributed by atoms with Crippen LogP contribution in [0.25, 0.3) is 16.7 Å². The summed E-state index contributed by atoms with van der Waals surface area (Å²) in [5, 5.41) is 15.5. The van der Waals surface area contributed by atoms with Crippen molar-refractivity contribution in [1.29, 1.82) is 0 Å². The van der Waals surface area contributed by atoms with E-state index in [-0.39, 0.29) is 28.7 Å². The minimum atomic E-state index is -0.488. The number of rotatable bonds is 8. The SMILES string of the molecule is C=CC(=O)Nc1cccc(-n2cnc(=O)c3cnc(Nc4ccc(N5CCN(CC(C)O)CC5)c(F)c4)nc32)c1. The van der Waals surface area contributed by atoms with Crippen molar-refractivity contribution in [2.75, 3.05) is 48.3 Å². The number of aromatic nitrogens is 4. The highest BCUT2D eigenvalue weighted by Crippen LogP contribution is 2.26. The van der Waals surface area contributed by atoms with E-state index in [4.69, 9.17) is 0 Å². The van der Waals surface area contributed by atoms with Crippen LogP contribution in [0.2, 0.25) is 0 Å². The molecule has 0 spiro atoms. The number of amides is 1. The zero-order valence-corrected chi connectivity index (χ0v) is 21.9. The van der Waals surface area contributed by atoms with Gasteiger partial charge >= 0.3 is 0 Å². The Labute approximate surface area is 229 Å². The minimum Gasteiger partial charge on any atom is -0.392 e. The van der Waals surface area contributed by atoms with Crippen molar-refractivity contribution in [2.24, 2.45) is 0 Å². The molecule has 12 heteroatoms. The van der Waals surface area contributed by atoms with Gasteiger partial charge in [-0.05, 0) is 49.4 Å². The lowest BCUT2D eigenvalue weighted by atomic mass is 10.2. The fourth-order valence-corrected chi connectivity index (χ4v) is 4.63. The van der Waals surface area contributed by atoms with E-state index in [0.29, 0.717) is 42.4 Å². The molecule has 40 heavy (non-hydrogen) atoms. The van der Waals surface area contributed by atoms with Crippen LogP contribution < -0.4 is 21.1 Å². The number of anilines is 4. The van der Waals surface area contributed by atoms with E-state index in [1.54, 1.807) is 47.9 Å². The van der Waals surface area contributed by atoms with Crippen LogP contribution in [-0.4, -0.2) is 74.3 Å². The summed E-state index contributed by atoms with van der Waals surface area (Å²) in [5.74, 6) is -0.568. The second-order valence-electron chi connectivity index (χ2n) is 9.52. The Hall–Kier alpha value is -4.68. The van der Waals surface area contributed by atoms with Gasteiger partial charge in [-0.3, -0.25) is 19.1 Å². The van der Waals surface area contributed by atoms with E-state index < -0.39 is 11.7 Å². The molecule has 0 radical (unpaired) electrons. The maximum absolute atomic E-state index is 15.1. The molecule has 1 aliphatic heterocycles. The summed E-state index contributed by atoms with van der Waals surface area (Å²) >= 11 is 0. The van der Waals surface area contributed by atoms with Crippen LogP contribution in [0.1, 0.15) is 6.92 Å². The first-order chi connectivity index (χ1) is 19.3. The number of carbonyl (C=O) groups excluding carboxylic acids is 1. The summed E-state index contributed by atoms with van der Waals surface area (Å²) in [6.45, 7) is 8.63. The first-order valence-corrected chi connectivity index (χ1v) is 12.8. The van der Waals surface area contributed by atoms with Crippen LogP contribution in [0.4, 0.5) is 27.4 Å². The number of nitrogens with zero attached hydrogens (tertiary/aromatic N) is 6. The fourth-order valence-electron chi connectivity index (χ4n) is 4.63. The number of halogens is 1. The molecule has 206 valence electrons. The van der Waals surface area contributed by atoms with E-state index in [1.807, 2.05) is 4.90 Å². The largest absolute Gasteiger partial charge is 0.392 e. The highest BCUT2D eigenvalue weighted by atomic mass is 19.1. The van der Waals surface area contributed by atoms with E-state index in [1.165, 1.54) is 24.7 Å². The third-order valence-corrected chi connectivity index (χ3v) is 6.53. The second-order valence-corrected chi connectivity index (χ2v) is 9.52. The Balaban J connectivity index is 1.38. The molecule has 1 unspecified atom stereocenters. The van der Waals surface area contributed by atoms with Gasteiger partial charge in [-0.1, -0.05) is 12.6 Å². The van der Waals surface area contributed by atoms with Crippen LogP contribution in [-0.2, 0) is 4.79 Å². The first kappa shape index (κ1) is 26.9. The van der Waals surface area contributed by atoms with Gasteiger partial charge in [-0.15, -0.1) is 0 Å². The average Bonchev–Trinajstić information content (AvgIpc) is 2.94. The predicted molar refractivity (Wildman–Crippen MR) is 152 cm³/mol. The molecule has 0 saturated carbocycles. The molecule has 11 nitrogen and oxygen atoms in total. The van der Waals surface area contributed by atoms with Gasteiger partial charge in [0.2, 0.25) is 11.9 Å². The molecule has 3 heterocycles. The van der Waals surface area contributed by atoms with Crippen molar-refractivity contribution < 1.29 is 14.3 Å². The summed E-state index contributed by atoms with van der Waals surface area (Å²) in [6.07, 6.45) is 3.50. The van der Waals surface area contributed by atoms with Crippen LogP contribution in [0.5, 0.6) is 0 Å². The molecular weight excluding hydrogens is 515 g/mol. The Morgan fingerprint density at radius 1 is 1.15 bits per heavy atom. The summed E-state index contributed by atoms with van der Waals surface area (Å²) in [7, 11) is 0. The van der Waals surface area contributed by atoms with Crippen molar-refractivity contribution in [3.05, 3.63) is 83.8 Å². The van der Waals surface area contributed by atoms with Gasteiger partial charge in [0.1, 0.15) is 17.5 Å². The molecule has 2 aromatic carbocycles. The fraction of sp³-hybridized carbons (Fsp3) is 0.250. The molecular formula is C28H29FN8O3. The third-order valence-electron chi connectivity index (χ3n) is 6.53. The van der Waals surface area contributed by atoms with Gasteiger partial charge in [-0.25, -0.2) is 9.37 Å². The topological polar surface area (TPSA) is 129 Å². The molecule has 5 rings (SSSR count). The number of hydrogen-bond donors (Lipinski definition) is 3. The molecule has 3 N–H and O–H groups in total. The second kappa shape index (κ2) is 11.6. The van der Waals surface area contributed by atoms with Crippen molar-refractivity contribution in [2.45, 2.75) is 13.0 Å². The highest BCUT2D eigenvalue weighted by Gasteiger charge is 2.20. The third kappa shape index (κ3) is 5.98. The molecule has 1 saturated heterocycles. The number of β-amino-alcohol motifs (C(OH)–C–C–N with tert-alkyl or cyclic N) is 1. The van der Waals surface area contributed by atoms with Gasteiger partial charge in [-0.2, -0.15) is 9.97 Å². The number of aliphatic hydroxyl groups is 1. The molecule has 2 aromatic heterocycles. The van der Waals surface area contributed by atoms with Gasteiger partial charge < -0.3 is 20.6 Å². The van der Waals surface area contributed by atoms with Crippen LogP contribution in [0.3, 0.4) is 0 Å². The van der Waals surface area contributed by atoms with Crippen molar-refractivity contribution in [3.63, 3.8) is 0 Å². The van der Waals surface area contributed by atoms with Crippen LogP contribution in [0, 0.1) is 5.82 Å². The monoisotopic (exact) mass is 544 g/mol. The first-order valence-electron chi connectivity index (χ1n) is 12.8. The number of benzene rings is 2. The van der Waals surface area contributed by atoms with Gasteiger partial charge in [0.15, 0.2) is 5.65 Å². The zero-order chi connectivity index (χ0) is 28.2. The van der Waals surface area contributed by atoms with Crippen molar-refractivity contribution >= 4 is 40.0 Å². The van der Waals surface area contributed by atoms with Crippen molar-refractivity contribution in [1.82, 2.24) is 24.4 Å². The number of carbonyl (C=O) groups is 1. The number of nitrogens with one attached hydrogen (secondary N) is 2. The lowest BCUT2D eigenvalue weighted by molar-refractivity contribution is -0.111. The summed E-state index contributed by atoms with van der Waals surface area (Å²) in [4.78, 5) is 41.0. The molecule has 4 aromatic rings. The van der Waals surface area contributed by atoms with Gasteiger partial charge in [0, 0.05) is 50.3 Å². The molecule has 1 fully saturated rings. The maximum Gasteiger partial charge on any atom is 0.283 e. The minimum absolute atomic E-state index is 0.168. The number of aliphatic hydroxyl groups excluding tert-OH is 1. The van der Waals surface area contributed by atoms with Crippen LogP contribution in [0.15, 0.2) is 72.4 Å². The molecule has 1 atom stereocenters. The van der Waals surface area contributed by atoms with Crippen molar-refractivity contribution in [3.8, 4) is 5.69 Å². The quantitative estimate of drug-likeness (QED) is 0.287. The summed E-state index contributed by atoms with van der Waals surface area (Å²) < 4.78 is 16.7. The summed E-state index contributed by atoms with van der Waals surface area (Å²) in [6, 6.07) is 11.8.